The Hall–Kier alpha value is -3.32. The highest BCUT2D eigenvalue weighted by Gasteiger charge is 2.43. The number of Topliss-reactive ketones (excluding diaryl/α,β-unsaturated/α-hetero) is 1. The Kier molecular flexibility index (Phi) is 7.48. The molecule has 5 rings (SSSR count). The maximum atomic E-state index is 15.3. The van der Waals surface area contributed by atoms with Gasteiger partial charge >= 0.3 is 5.97 Å². The normalized spacial score (nSPS) is 21.8. The first kappa shape index (κ1) is 26.3. The van der Waals surface area contributed by atoms with Gasteiger partial charge in [0, 0.05) is 34.0 Å². The van der Waals surface area contributed by atoms with Crippen LogP contribution in [0.25, 0.3) is 0 Å². The minimum absolute atomic E-state index is 0.124. The van der Waals surface area contributed by atoms with Crippen LogP contribution in [0.1, 0.15) is 68.4 Å². The number of dihydropyridines is 1. The molecule has 6 nitrogen and oxygen atoms in total. The fourth-order valence-corrected chi connectivity index (χ4v) is 6.22. The van der Waals surface area contributed by atoms with Gasteiger partial charge < -0.3 is 19.5 Å². The molecule has 0 spiro atoms. The maximum Gasteiger partial charge on any atom is 0.337 e. The van der Waals surface area contributed by atoms with Crippen molar-refractivity contribution < 1.29 is 28.2 Å². The summed E-state index contributed by atoms with van der Waals surface area (Å²) in [4.78, 5) is 27.3. The largest absolute Gasteiger partial charge is 0.493 e. The summed E-state index contributed by atoms with van der Waals surface area (Å²) in [6, 6.07) is 10.0. The standard InChI is InChI=1S/C30H31ClFNO5/c1-16-26(30(35)38-19-7-4-5-8-19)29(27-20(31)9-6-10-21(27)32)28-22(33-16)13-18(14-23(28)34)17-11-12-24(36-2)25(15-17)37-3/h6,9-12,15,18-19,29,33H,4-5,7-8,13-14H2,1-3H3/t18-,29-/m1/s1. The van der Waals surface area contributed by atoms with Crippen molar-refractivity contribution in [3.05, 3.63) is 80.9 Å². The Labute approximate surface area is 226 Å². The summed E-state index contributed by atoms with van der Waals surface area (Å²) in [5.74, 6) is -1.16. The average molecular weight is 540 g/mol. The third-order valence-electron chi connectivity index (χ3n) is 7.79. The predicted octanol–water partition coefficient (Wildman–Crippen LogP) is 6.34. The van der Waals surface area contributed by atoms with Gasteiger partial charge in [0.1, 0.15) is 11.9 Å². The molecule has 1 aliphatic heterocycles. The molecule has 1 N–H and O–H groups in total. The number of carbonyl (C=O) groups is 2. The molecule has 0 bridgehead atoms. The van der Waals surface area contributed by atoms with Gasteiger partial charge in [-0.25, -0.2) is 9.18 Å². The molecule has 1 saturated carbocycles. The third kappa shape index (κ3) is 4.80. The van der Waals surface area contributed by atoms with Crippen molar-refractivity contribution in [2.24, 2.45) is 0 Å². The molecule has 2 atom stereocenters. The molecule has 0 aromatic heterocycles. The molecule has 2 aliphatic carbocycles. The van der Waals surface area contributed by atoms with Gasteiger partial charge in [0.05, 0.1) is 25.7 Å². The van der Waals surface area contributed by atoms with Crippen LogP contribution in [0.15, 0.2) is 58.9 Å². The quantitative estimate of drug-likeness (QED) is 0.432. The molecule has 0 amide bonds. The molecule has 2 aromatic carbocycles. The van der Waals surface area contributed by atoms with Crippen molar-refractivity contribution in [1.82, 2.24) is 5.32 Å². The van der Waals surface area contributed by atoms with E-state index >= 15 is 4.39 Å². The van der Waals surface area contributed by atoms with Gasteiger partial charge in [0.2, 0.25) is 0 Å². The Morgan fingerprint density at radius 2 is 1.79 bits per heavy atom. The van der Waals surface area contributed by atoms with E-state index in [1.54, 1.807) is 27.2 Å². The van der Waals surface area contributed by atoms with E-state index < -0.39 is 17.7 Å². The van der Waals surface area contributed by atoms with E-state index in [-0.39, 0.29) is 40.4 Å². The summed E-state index contributed by atoms with van der Waals surface area (Å²) in [6.07, 6.45) is 4.13. The fraction of sp³-hybridized carbons (Fsp3) is 0.400. The number of nitrogens with one attached hydrogen (secondary N) is 1. The van der Waals surface area contributed by atoms with Crippen molar-refractivity contribution in [2.45, 2.75) is 63.4 Å². The van der Waals surface area contributed by atoms with Crippen molar-refractivity contribution in [1.29, 1.82) is 0 Å². The summed E-state index contributed by atoms with van der Waals surface area (Å²) in [7, 11) is 3.14. The van der Waals surface area contributed by atoms with Crippen LogP contribution in [-0.4, -0.2) is 32.1 Å². The predicted molar refractivity (Wildman–Crippen MR) is 142 cm³/mol. The zero-order valence-corrected chi connectivity index (χ0v) is 22.5. The number of rotatable bonds is 6. The molecule has 0 saturated heterocycles. The van der Waals surface area contributed by atoms with E-state index in [1.165, 1.54) is 12.1 Å². The van der Waals surface area contributed by atoms with Gasteiger partial charge in [-0.15, -0.1) is 0 Å². The van der Waals surface area contributed by atoms with Crippen LogP contribution in [0, 0.1) is 5.82 Å². The second-order valence-corrected chi connectivity index (χ2v) is 10.5. The zero-order chi connectivity index (χ0) is 27.0. The van der Waals surface area contributed by atoms with E-state index in [2.05, 4.69) is 5.32 Å². The Bertz CT molecular complexity index is 1320. The number of halogens is 2. The van der Waals surface area contributed by atoms with Crippen molar-refractivity contribution in [3.63, 3.8) is 0 Å². The highest BCUT2D eigenvalue weighted by molar-refractivity contribution is 6.31. The van der Waals surface area contributed by atoms with Crippen LogP contribution in [0.3, 0.4) is 0 Å². The molecule has 38 heavy (non-hydrogen) atoms. The van der Waals surface area contributed by atoms with Crippen LogP contribution in [0.2, 0.25) is 5.02 Å². The van der Waals surface area contributed by atoms with Crippen LogP contribution < -0.4 is 14.8 Å². The lowest BCUT2D eigenvalue weighted by Crippen LogP contribution is -2.37. The lowest BCUT2D eigenvalue weighted by atomic mass is 9.71. The lowest BCUT2D eigenvalue weighted by molar-refractivity contribution is -0.144. The first-order valence-corrected chi connectivity index (χ1v) is 13.3. The monoisotopic (exact) mass is 539 g/mol. The van der Waals surface area contributed by atoms with Crippen molar-refractivity contribution >= 4 is 23.4 Å². The number of ketones is 1. The first-order chi connectivity index (χ1) is 18.3. The molecular formula is C30H31ClFNO5. The smallest absolute Gasteiger partial charge is 0.337 e. The van der Waals surface area contributed by atoms with Crippen LogP contribution in [-0.2, 0) is 14.3 Å². The summed E-state index contributed by atoms with van der Waals surface area (Å²) in [5.41, 5.74) is 2.87. The zero-order valence-electron chi connectivity index (χ0n) is 21.7. The number of allylic oxidation sites excluding steroid dienone is 3. The van der Waals surface area contributed by atoms with Crippen molar-refractivity contribution in [2.75, 3.05) is 14.2 Å². The summed E-state index contributed by atoms with van der Waals surface area (Å²) >= 11 is 6.52. The Balaban J connectivity index is 1.57. The van der Waals surface area contributed by atoms with Gasteiger partial charge in [-0.1, -0.05) is 23.7 Å². The van der Waals surface area contributed by atoms with Gasteiger partial charge in [0.25, 0.3) is 0 Å². The Morgan fingerprint density at radius 1 is 1.05 bits per heavy atom. The summed E-state index contributed by atoms with van der Waals surface area (Å²) in [6.45, 7) is 1.77. The highest BCUT2D eigenvalue weighted by atomic mass is 35.5. The molecular weight excluding hydrogens is 509 g/mol. The number of carbonyl (C=O) groups excluding carboxylic acids is 2. The van der Waals surface area contributed by atoms with E-state index in [4.69, 9.17) is 25.8 Å². The van der Waals surface area contributed by atoms with Crippen LogP contribution in [0.4, 0.5) is 4.39 Å². The van der Waals surface area contributed by atoms with E-state index in [1.807, 2.05) is 18.2 Å². The summed E-state index contributed by atoms with van der Waals surface area (Å²) < 4.78 is 32.0. The van der Waals surface area contributed by atoms with Crippen LogP contribution >= 0.6 is 11.6 Å². The minimum atomic E-state index is -0.951. The van der Waals surface area contributed by atoms with Gasteiger partial charge in [0.15, 0.2) is 17.3 Å². The van der Waals surface area contributed by atoms with E-state index in [0.717, 1.165) is 31.2 Å². The second kappa shape index (κ2) is 10.8. The fourth-order valence-electron chi connectivity index (χ4n) is 5.95. The lowest BCUT2D eigenvalue weighted by Gasteiger charge is -2.37. The minimum Gasteiger partial charge on any atom is -0.493 e. The number of benzene rings is 2. The first-order valence-electron chi connectivity index (χ1n) is 12.9. The Morgan fingerprint density at radius 3 is 2.47 bits per heavy atom. The number of methoxy groups -OCH3 is 2. The topological polar surface area (TPSA) is 73.9 Å². The molecule has 1 heterocycles. The molecule has 200 valence electrons. The SMILES string of the molecule is COc1ccc([C@H]2CC(=O)C3=C(C2)NC(C)=C(C(=O)OC2CCCC2)[C@@H]3c2c(F)cccc2Cl)cc1OC. The van der Waals surface area contributed by atoms with Crippen LogP contribution in [0.5, 0.6) is 11.5 Å². The number of esters is 1. The number of hydrogen-bond acceptors (Lipinski definition) is 6. The van der Waals surface area contributed by atoms with E-state index in [0.29, 0.717) is 34.9 Å². The van der Waals surface area contributed by atoms with Gasteiger partial charge in [-0.3, -0.25) is 4.79 Å². The highest BCUT2D eigenvalue weighted by Crippen LogP contribution is 2.48. The molecule has 2 aromatic rings. The average Bonchev–Trinajstić information content (AvgIpc) is 3.40. The molecule has 0 unspecified atom stereocenters. The maximum absolute atomic E-state index is 15.3. The second-order valence-electron chi connectivity index (χ2n) is 10.1. The summed E-state index contributed by atoms with van der Waals surface area (Å²) in [5, 5.41) is 3.47. The molecule has 1 fully saturated rings. The third-order valence-corrected chi connectivity index (χ3v) is 8.12. The van der Waals surface area contributed by atoms with Gasteiger partial charge in [-0.2, -0.15) is 0 Å². The number of ether oxygens (including phenoxy) is 3. The number of hydrogen-bond donors (Lipinski definition) is 1. The molecule has 0 radical (unpaired) electrons. The van der Waals surface area contributed by atoms with E-state index in [9.17, 15) is 9.59 Å². The molecule has 8 heteroatoms. The van der Waals surface area contributed by atoms with Gasteiger partial charge in [-0.05, 0) is 74.8 Å². The van der Waals surface area contributed by atoms with Crippen molar-refractivity contribution in [3.8, 4) is 11.5 Å². The molecule has 3 aliphatic rings.